The smallest absolute Gasteiger partial charge is 0.344 e. The number of carbonyl (C=O) groups excluding carboxylic acids is 2. The van der Waals surface area contributed by atoms with E-state index in [1.807, 2.05) is 13.8 Å². The van der Waals surface area contributed by atoms with Crippen molar-refractivity contribution in [3.63, 3.8) is 0 Å². The third-order valence-corrected chi connectivity index (χ3v) is 4.37. The highest BCUT2D eigenvalue weighted by Gasteiger charge is 2.43. The minimum Gasteiger partial charge on any atom is -0.481 e. The predicted molar refractivity (Wildman–Crippen MR) is 92.3 cm³/mol. The lowest BCUT2D eigenvalue weighted by Gasteiger charge is -2.22. The molecule has 0 heterocycles. The van der Waals surface area contributed by atoms with Crippen LogP contribution in [0.15, 0.2) is 12.1 Å². The maximum Gasteiger partial charge on any atom is 0.344 e. The molecule has 1 amide bonds. The van der Waals surface area contributed by atoms with Gasteiger partial charge in [-0.25, -0.2) is 4.79 Å². The minimum atomic E-state index is -0.905. The molecule has 1 fully saturated rings. The van der Waals surface area contributed by atoms with Gasteiger partial charge in [0.15, 0.2) is 13.2 Å². The topological polar surface area (TPSA) is 88.4 Å². The number of carbonyl (C=O) groups is 2. The number of hydrogen-bond acceptors (Lipinski definition) is 5. The van der Waals surface area contributed by atoms with Crippen molar-refractivity contribution in [2.75, 3.05) is 13.2 Å². The van der Waals surface area contributed by atoms with Gasteiger partial charge in [-0.1, -0.05) is 11.6 Å². The number of halogens is 1. The fourth-order valence-electron chi connectivity index (χ4n) is 2.65. The second kappa shape index (κ2) is 7.75. The zero-order chi connectivity index (χ0) is 18.6. The van der Waals surface area contributed by atoms with Crippen LogP contribution in [-0.2, 0) is 14.3 Å². The third kappa shape index (κ3) is 5.10. The number of aryl methyl sites for hydroxylation is 2. The number of esters is 1. The van der Waals surface area contributed by atoms with Crippen LogP contribution < -0.4 is 10.1 Å². The van der Waals surface area contributed by atoms with E-state index in [0.29, 0.717) is 10.8 Å². The Morgan fingerprint density at radius 3 is 2.44 bits per heavy atom. The summed E-state index contributed by atoms with van der Waals surface area (Å²) in [5.74, 6) is -0.426. The summed E-state index contributed by atoms with van der Waals surface area (Å²) in [7, 11) is 0. The van der Waals surface area contributed by atoms with Gasteiger partial charge in [0.1, 0.15) is 11.3 Å². The first-order valence-corrected chi connectivity index (χ1v) is 8.40. The van der Waals surface area contributed by atoms with E-state index >= 15 is 0 Å². The van der Waals surface area contributed by atoms with Gasteiger partial charge >= 0.3 is 5.97 Å². The average Bonchev–Trinajstić information content (AvgIpc) is 3.37. The van der Waals surface area contributed by atoms with Crippen LogP contribution in [0.5, 0.6) is 5.75 Å². The zero-order valence-electron chi connectivity index (χ0n) is 14.5. The molecule has 0 saturated heterocycles. The molecular weight excluding hydrogens is 344 g/mol. The molecule has 134 valence electrons. The van der Waals surface area contributed by atoms with Crippen LogP contribution in [0.3, 0.4) is 0 Å². The molecule has 0 radical (unpaired) electrons. The highest BCUT2D eigenvalue weighted by molar-refractivity contribution is 6.30. The first kappa shape index (κ1) is 19.1. The molecule has 2 rings (SSSR count). The molecule has 0 bridgehead atoms. The summed E-state index contributed by atoms with van der Waals surface area (Å²) in [6.07, 6.45) is 1.83. The van der Waals surface area contributed by atoms with Crippen molar-refractivity contribution in [2.45, 2.75) is 39.2 Å². The van der Waals surface area contributed by atoms with E-state index in [0.717, 1.165) is 24.0 Å². The normalized spacial score (nSPS) is 15.6. The number of ether oxygens (including phenoxy) is 2. The summed E-state index contributed by atoms with van der Waals surface area (Å²) in [4.78, 5) is 23.7. The molecule has 1 aromatic carbocycles. The SMILES string of the molecule is Cc1cc(Cl)cc(C)c1OCC(=O)OCC(=O)N[C@@](C)(C#N)C1CC1. The summed E-state index contributed by atoms with van der Waals surface area (Å²) in [5, 5.41) is 12.4. The van der Waals surface area contributed by atoms with Gasteiger partial charge in [-0.15, -0.1) is 0 Å². The number of nitrogens with zero attached hydrogens (tertiary/aromatic N) is 1. The highest BCUT2D eigenvalue weighted by atomic mass is 35.5. The average molecular weight is 365 g/mol. The van der Waals surface area contributed by atoms with Crippen LogP contribution >= 0.6 is 11.6 Å². The number of rotatable bonds is 7. The molecule has 1 saturated carbocycles. The summed E-state index contributed by atoms with van der Waals surface area (Å²) >= 11 is 5.95. The molecule has 0 spiro atoms. The Labute approximate surface area is 152 Å². The number of hydrogen-bond donors (Lipinski definition) is 1. The fraction of sp³-hybridized carbons (Fsp3) is 0.500. The number of amides is 1. The quantitative estimate of drug-likeness (QED) is 0.751. The van der Waals surface area contributed by atoms with Gasteiger partial charge in [0.05, 0.1) is 6.07 Å². The monoisotopic (exact) mass is 364 g/mol. The number of benzene rings is 1. The Bertz CT molecular complexity index is 701. The van der Waals surface area contributed by atoms with Crippen LogP contribution in [0.4, 0.5) is 0 Å². The van der Waals surface area contributed by atoms with E-state index in [9.17, 15) is 14.9 Å². The van der Waals surface area contributed by atoms with Gasteiger partial charge in [0.25, 0.3) is 5.91 Å². The van der Waals surface area contributed by atoms with Gasteiger partial charge in [0, 0.05) is 5.02 Å². The molecule has 1 atom stereocenters. The van der Waals surface area contributed by atoms with E-state index in [4.69, 9.17) is 21.1 Å². The van der Waals surface area contributed by atoms with Crippen molar-refractivity contribution in [2.24, 2.45) is 5.92 Å². The van der Waals surface area contributed by atoms with E-state index in [1.54, 1.807) is 19.1 Å². The van der Waals surface area contributed by atoms with Crippen LogP contribution in [-0.4, -0.2) is 30.6 Å². The maximum absolute atomic E-state index is 11.9. The van der Waals surface area contributed by atoms with E-state index in [1.165, 1.54) is 0 Å². The molecule has 1 aliphatic carbocycles. The van der Waals surface area contributed by atoms with Crippen molar-refractivity contribution >= 4 is 23.5 Å². The maximum atomic E-state index is 11.9. The Balaban J connectivity index is 1.79. The Morgan fingerprint density at radius 2 is 1.92 bits per heavy atom. The van der Waals surface area contributed by atoms with E-state index in [-0.39, 0.29) is 12.5 Å². The minimum absolute atomic E-state index is 0.163. The standard InChI is InChI=1S/C18H21ClN2O4/c1-11-6-14(19)7-12(2)17(11)25-9-16(23)24-8-15(22)21-18(3,10-20)13-4-5-13/h6-7,13H,4-5,8-9H2,1-3H3,(H,21,22)/t18-/m0/s1. The molecule has 1 aliphatic rings. The lowest BCUT2D eigenvalue weighted by Crippen LogP contribution is -2.48. The largest absolute Gasteiger partial charge is 0.481 e. The van der Waals surface area contributed by atoms with Crippen molar-refractivity contribution in [3.8, 4) is 11.8 Å². The first-order chi connectivity index (χ1) is 11.7. The van der Waals surface area contributed by atoms with E-state index < -0.39 is 24.0 Å². The van der Waals surface area contributed by atoms with Gasteiger partial charge < -0.3 is 14.8 Å². The second-order valence-corrected chi connectivity index (χ2v) is 6.89. The Hall–Kier alpha value is -2.26. The lowest BCUT2D eigenvalue weighted by molar-refractivity contribution is -0.150. The van der Waals surface area contributed by atoms with Crippen LogP contribution in [0.2, 0.25) is 5.02 Å². The first-order valence-electron chi connectivity index (χ1n) is 8.02. The third-order valence-electron chi connectivity index (χ3n) is 4.15. The van der Waals surface area contributed by atoms with Crippen molar-refractivity contribution < 1.29 is 19.1 Å². The molecule has 1 N–H and O–H groups in total. The highest BCUT2D eigenvalue weighted by Crippen LogP contribution is 2.39. The van der Waals surface area contributed by atoms with Crippen LogP contribution in [0.1, 0.15) is 30.9 Å². The van der Waals surface area contributed by atoms with Gasteiger partial charge in [-0.3, -0.25) is 4.79 Å². The van der Waals surface area contributed by atoms with Gasteiger partial charge in [-0.05, 0) is 62.8 Å². The Kier molecular flexibility index (Phi) is 5.91. The summed E-state index contributed by atoms with van der Waals surface area (Å²) in [6, 6.07) is 5.59. The number of nitrogens with one attached hydrogen (secondary N) is 1. The van der Waals surface area contributed by atoms with Crippen LogP contribution in [0.25, 0.3) is 0 Å². The summed E-state index contributed by atoms with van der Waals surface area (Å²) < 4.78 is 10.4. The molecule has 6 nitrogen and oxygen atoms in total. The molecule has 25 heavy (non-hydrogen) atoms. The molecule has 1 aromatic rings. The molecular formula is C18H21ClN2O4. The van der Waals surface area contributed by atoms with Gasteiger partial charge in [-0.2, -0.15) is 5.26 Å². The fourth-order valence-corrected chi connectivity index (χ4v) is 2.98. The molecule has 7 heteroatoms. The van der Waals surface area contributed by atoms with Crippen molar-refractivity contribution in [1.82, 2.24) is 5.32 Å². The zero-order valence-corrected chi connectivity index (χ0v) is 15.3. The molecule has 0 unspecified atom stereocenters. The van der Waals surface area contributed by atoms with Gasteiger partial charge in [0.2, 0.25) is 0 Å². The number of nitriles is 1. The Morgan fingerprint density at radius 1 is 1.32 bits per heavy atom. The predicted octanol–water partition coefficient (Wildman–Crippen LogP) is 2.69. The van der Waals surface area contributed by atoms with E-state index in [2.05, 4.69) is 11.4 Å². The van der Waals surface area contributed by atoms with Crippen LogP contribution in [0, 0.1) is 31.1 Å². The molecule has 0 aliphatic heterocycles. The second-order valence-electron chi connectivity index (χ2n) is 6.45. The lowest BCUT2D eigenvalue weighted by atomic mass is 9.98. The summed E-state index contributed by atoms with van der Waals surface area (Å²) in [5.41, 5.74) is 0.715. The van der Waals surface area contributed by atoms with Crippen molar-refractivity contribution in [1.29, 1.82) is 5.26 Å². The van der Waals surface area contributed by atoms with Crippen molar-refractivity contribution in [3.05, 3.63) is 28.3 Å². The summed E-state index contributed by atoms with van der Waals surface area (Å²) in [6.45, 7) is 4.58. The molecule has 0 aromatic heterocycles.